The number of fused-ring (bicyclic) bond motifs is 2. The molecule has 5 rings (SSSR count). The molecule has 0 aliphatic rings. The number of nitrogens with zero attached hydrogens (tertiary/aromatic N) is 1. The molecule has 0 radical (unpaired) electrons. The number of hydrogen-bond acceptors (Lipinski definition) is 4. The summed E-state index contributed by atoms with van der Waals surface area (Å²) in [4.78, 5) is 22.3. The third kappa shape index (κ3) is 3.55. The van der Waals surface area contributed by atoms with Crippen molar-refractivity contribution in [1.82, 2.24) is 15.0 Å². The van der Waals surface area contributed by atoms with Gasteiger partial charge >= 0.3 is 0 Å². The van der Waals surface area contributed by atoms with Crippen LogP contribution in [0.15, 0.2) is 83.9 Å². The largest absolute Gasteiger partial charge is 0.456 e. The normalized spacial score (nSPS) is 11.0. The van der Waals surface area contributed by atoms with Crippen LogP contribution in [-0.2, 0) is 6.54 Å². The Kier molecular flexibility index (Phi) is 4.22. The molecule has 5 aromatic rings. The number of nitrogens with one attached hydrogen (secondary N) is 3. The molecule has 0 atom stereocenters. The summed E-state index contributed by atoms with van der Waals surface area (Å²) in [5.74, 6) is 1.19. The predicted molar refractivity (Wildman–Crippen MR) is 115 cm³/mol. The van der Waals surface area contributed by atoms with Crippen LogP contribution in [0.25, 0.3) is 21.9 Å². The first-order chi connectivity index (χ1) is 14.2. The fourth-order valence-electron chi connectivity index (χ4n) is 3.34. The Bertz CT molecular complexity index is 1370. The Morgan fingerprint density at radius 1 is 1.00 bits per heavy atom. The van der Waals surface area contributed by atoms with Gasteiger partial charge in [-0.25, -0.2) is 4.98 Å². The third-order valence-corrected chi connectivity index (χ3v) is 4.73. The molecule has 3 N–H and O–H groups in total. The van der Waals surface area contributed by atoms with Crippen molar-refractivity contribution < 1.29 is 4.74 Å². The zero-order valence-electron chi connectivity index (χ0n) is 15.5. The van der Waals surface area contributed by atoms with Gasteiger partial charge in [0, 0.05) is 47.5 Å². The maximum atomic E-state index is 11.9. The van der Waals surface area contributed by atoms with Gasteiger partial charge in [0.2, 0.25) is 0 Å². The van der Waals surface area contributed by atoms with E-state index in [0.717, 1.165) is 33.2 Å². The number of H-pyrrole nitrogens is 2. The van der Waals surface area contributed by atoms with E-state index in [9.17, 15) is 4.79 Å². The van der Waals surface area contributed by atoms with Crippen molar-refractivity contribution in [3.8, 4) is 11.5 Å². The van der Waals surface area contributed by atoms with E-state index >= 15 is 0 Å². The van der Waals surface area contributed by atoms with E-state index in [-0.39, 0.29) is 5.56 Å². The number of hydrogen-bond donors (Lipinski definition) is 3. The van der Waals surface area contributed by atoms with Gasteiger partial charge < -0.3 is 20.0 Å². The molecule has 3 heterocycles. The van der Waals surface area contributed by atoms with Gasteiger partial charge in [0.05, 0.1) is 5.52 Å². The lowest BCUT2D eigenvalue weighted by Crippen LogP contribution is -2.05. The molecule has 0 spiro atoms. The molecule has 142 valence electrons. The highest BCUT2D eigenvalue weighted by Gasteiger charge is 2.06. The van der Waals surface area contributed by atoms with Crippen molar-refractivity contribution >= 4 is 27.6 Å². The summed E-state index contributed by atoms with van der Waals surface area (Å²) in [6, 6.07) is 20.8. The molecule has 0 saturated carbocycles. The zero-order chi connectivity index (χ0) is 19.6. The van der Waals surface area contributed by atoms with Crippen molar-refractivity contribution in [3.63, 3.8) is 0 Å². The summed E-state index contributed by atoms with van der Waals surface area (Å²) in [6.45, 7) is 0.644. The van der Waals surface area contributed by atoms with Crippen LogP contribution in [0.1, 0.15) is 5.56 Å². The molecule has 3 aromatic heterocycles. The minimum Gasteiger partial charge on any atom is -0.456 e. The van der Waals surface area contributed by atoms with Gasteiger partial charge in [0.25, 0.3) is 5.56 Å². The van der Waals surface area contributed by atoms with E-state index < -0.39 is 0 Å². The molecule has 6 nitrogen and oxygen atoms in total. The summed E-state index contributed by atoms with van der Waals surface area (Å²) in [5.41, 5.74) is 3.45. The molecule has 0 aliphatic heterocycles. The van der Waals surface area contributed by atoms with Gasteiger partial charge in [-0.2, -0.15) is 0 Å². The topological polar surface area (TPSA) is 82.8 Å². The van der Waals surface area contributed by atoms with Gasteiger partial charge in [-0.15, -0.1) is 0 Å². The van der Waals surface area contributed by atoms with E-state index in [0.29, 0.717) is 18.0 Å². The highest BCUT2D eigenvalue weighted by Crippen LogP contribution is 2.29. The molecule has 0 amide bonds. The van der Waals surface area contributed by atoms with Crippen molar-refractivity contribution in [2.24, 2.45) is 0 Å². The summed E-state index contributed by atoms with van der Waals surface area (Å²) >= 11 is 0. The highest BCUT2D eigenvalue weighted by atomic mass is 16.5. The van der Waals surface area contributed by atoms with Crippen LogP contribution in [-0.4, -0.2) is 15.0 Å². The van der Waals surface area contributed by atoms with Gasteiger partial charge in [-0.3, -0.25) is 4.79 Å². The van der Waals surface area contributed by atoms with Crippen LogP contribution in [0, 0.1) is 0 Å². The fourth-order valence-corrected chi connectivity index (χ4v) is 3.34. The average Bonchev–Trinajstić information content (AvgIpc) is 3.20. The smallest absolute Gasteiger partial charge is 0.252 e. The Morgan fingerprint density at radius 2 is 1.93 bits per heavy atom. The van der Waals surface area contributed by atoms with Crippen LogP contribution in [0.5, 0.6) is 11.5 Å². The molecule has 0 aliphatic carbocycles. The van der Waals surface area contributed by atoms with E-state index in [1.165, 1.54) is 6.07 Å². The first-order valence-corrected chi connectivity index (χ1v) is 9.30. The fraction of sp³-hybridized carbons (Fsp3) is 0.0435. The van der Waals surface area contributed by atoms with E-state index in [1.807, 2.05) is 67.0 Å². The van der Waals surface area contributed by atoms with Gasteiger partial charge in [0.15, 0.2) is 0 Å². The van der Waals surface area contributed by atoms with Crippen molar-refractivity contribution in [2.75, 3.05) is 5.32 Å². The first-order valence-electron chi connectivity index (χ1n) is 9.30. The average molecular weight is 382 g/mol. The minimum absolute atomic E-state index is 0.194. The third-order valence-electron chi connectivity index (χ3n) is 4.73. The summed E-state index contributed by atoms with van der Waals surface area (Å²) < 4.78 is 6.04. The number of anilines is 1. The molecule has 6 heteroatoms. The number of benzene rings is 2. The number of rotatable bonds is 5. The summed E-state index contributed by atoms with van der Waals surface area (Å²) in [6.07, 6.45) is 3.74. The number of para-hydroxylation sites is 1. The van der Waals surface area contributed by atoms with Gasteiger partial charge in [-0.1, -0.05) is 18.2 Å². The molecule has 0 bridgehead atoms. The first kappa shape index (κ1) is 17.1. The SMILES string of the molecule is O=c1cc(Oc2cccc(NCc3cnc4[nH]ccc4c3)c2)c2ccccc2[nH]1. The molecule has 2 aromatic carbocycles. The second-order valence-corrected chi connectivity index (χ2v) is 6.79. The number of aromatic amines is 2. The predicted octanol–water partition coefficient (Wildman–Crippen LogP) is 4.81. The van der Waals surface area contributed by atoms with Crippen LogP contribution in [0.2, 0.25) is 0 Å². The number of pyridine rings is 2. The van der Waals surface area contributed by atoms with Crippen molar-refractivity contribution in [3.05, 3.63) is 95.0 Å². The molecule has 0 saturated heterocycles. The molecule has 0 fully saturated rings. The minimum atomic E-state index is -0.194. The van der Waals surface area contributed by atoms with Crippen LogP contribution >= 0.6 is 0 Å². The van der Waals surface area contributed by atoms with E-state index in [2.05, 4.69) is 26.3 Å². The second kappa shape index (κ2) is 7.16. The lowest BCUT2D eigenvalue weighted by molar-refractivity contribution is 0.487. The molecular weight excluding hydrogens is 364 g/mol. The lowest BCUT2D eigenvalue weighted by Gasteiger charge is -2.11. The van der Waals surface area contributed by atoms with Gasteiger partial charge in [0.1, 0.15) is 17.1 Å². The lowest BCUT2D eigenvalue weighted by atomic mass is 10.2. The number of ether oxygens (including phenoxy) is 1. The maximum absolute atomic E-state index is 11.9. The Labute approximate surface area is 166 Å². The second-order valence-electron chi connectivity index (χ2n) is 6.79. The van der Waals surface area contributed by atoms with E-state index in [1.54, 1.807) is 0 Å². The monoisotopic (exact) mass is 382 g/mol. The van der Waals surface area contributed by atoms with Crippen molar-refractivity contribution in [2.45, 2.75) is 6.54 Å². The van der Waals surface area contributed by atoms with Crippen molar-refractivity contribution in [1.29, 1.82) is 0 Å². The van der Waals surface area contributed by atoms with Gasteiger partial charge in [-0.05, 0) is 42.0 Å². The van der Waals surface area contributed by atoms with E-state index in [4.69, 9.17) is 4.74 Å². The maximum Gasteiger partial charge on any atom is 0.252 e. The number of aromatic nitrogens is 3. The Morgan fingerprint density at radius 3 is 2.90 bits per heavy atom. The Balaban J connectivity index is 1.36. The zero-order valence-corrected chi connectivity index (χ0v) is 15.5. The Hall–Kier alpha value is -4.06. The van der Waals surface area contributed by atoms with Crippen LogP contribution in [0.4, 0.5) is 5.69 Å². The highest BCUT2D eigenvalue weighted by molar-refractivity contribution is 5.85. The molecule has 0 unspecified atom stereocenters. The standard InChI is InChI=1S/C23H18N4O2/c28-22-12-21(19-6-1-2-7-20(19)27-22)29-18-5-3-4-17(11-18)25-13-15-10-16-8-9-24-23(16)26-14-15/h1-12,14,25H,13H2,(H,24,26)(H,27,28). The molecular formula is C23H18N4O2. The van der Waals surface area contributed by atoms with Crippen LogP contribution in [0.3, 0.4) is 0 Å². The quantitative estimate of drug-likeness (QED) is 0.407. The summed E-state index contributed by atoms with van der Waals surface area (Å²) in [5, 5.41) is 5.34. The summed E-state index contributed by atoms with van der Waals surface area (Å²) in [7, 11) is 0. The van der Waals surface area contributed by atoms with Crippen LogP contribution < -0.4 is 15.6 Å². The molecule has 29 heavy (non-hydrogen) atoms.